The number of carboxylic acid groups (broad SMARTS) is 1. The van der Waals surface area contributed by atoms with Gasteiger partial charge in [-0.1, -0.05) is 11.6 Å². The van der Waals surface area contributed by atoms with Gasteiger partial charge in [0.25, 0.3) is 5.91 Å². The van der Waals surface area contributed by atoms with Gasteiger partial charge < -0.3 is 10.0 Å². The SMILES string of the molecule is O=C(O)[C@@H]1CN(C(=O)c2cc(Cl)ccc2-n2cnnn2)C[C@H]1C(F)(F)F. The first-order valence-corrected chi connectivity index (χ1v) is 7.68. The Labute approximate surface area is 149 Å². The predicted molar refractivity (Wildman–Crippen MR) is 80.7 cm³/mol. The Balaban J connectivity index is 1.96. The van der Waals surface area contributed by atoms with Crippen LogP contribution in [0.3, 0.4) is 0 Å². The van der Waals surface area contributed by atoms with Gasteiger partial charge in [0, 0.05) is 18.1 Å². The number of alkyl halides is 3. The van der Waals surface area contributed by atoms with Crippen LogP contribution in [0.5, 0.6) is 0 Å². The quantitative estimate of drug-likeness (QED) is 0.856. The maximum atomic E-state index is 13.1. The van der Waals surface area contributed by atoms with Crippen LogP contribution in [-0.4, -0.2) is 61.4 Å². The molecule has 0 spiro atoms. The fourth-order valence-electron chi connectivity index (χ4n) is 2.87. The lowest BCUT2D eigenvalue weighted by Gasteiger charge is -2.19. The van der Waals surface area contributed by atoms with Crippen molar-refractivity contribution in [2.45, 2.75) is 6.18 Å². The molecule has 0 unspecified atom stereocenters. The van der Waals surface area contributed by atoms with E-state index in [9.17, 15) is 22.8 Å². The van der Waals surface area contributed by atoms with Crippen LogP contribution in [0.4, 0.5) is 13.2 Å². The molecule has 26 heavy (non-hydrogen) atoms. The highest BCUT2D eigenvalue weighted by atomic mass is 35.5. The summed E-state index contributed by atoms with van der Waals surface area (Å²) in [5, 5.41) is 19.8. The van der Waals surface area contributed by atoms with E-state index in [0.29, 0.717) is 0 Å². The molecule has 1 aliphatic heterocycles. The molecule has 2 aromatic rings. The lowest BCUT2D eigenvalue weighted by molar-refractivity contribution is -0.187. The van der Waals surface area contributed by atoms with E-state index in [4.69, 9.17) is 16.7 Å². The standard InChI is InChI=1S/C14H11ClF3N5O3/c15-7-1-2-11(23-6-19-20-21-23)8(3-7)12(24)22-4-9(13(25)26)10(5-22)14(16,17)18/h1-3,6,9-10H,4-5H2,(H,25,26)/t9-,10-/m1/s1. The maximum Gasteiger partial charge on any atom is 0.394 e. The Bertz CT molecular complexity index is 843. The smallest absolute Gasteiger partial charge is 0.394 e. The molecule has 12 heteroatoms. The number of likely N-dealkylation sites (tertiary alicyclic amines) is 1. The van der Waals surface area contributed by atoms with Crippen LogP contribution in [0, 0.1) is 11.8 Å². The molecule has 2 heterocycles. The summed E-state index contributed by atoms with van der Waals surface area (Å²) in [7, 11) is 0. The molecule has 3 rings (SSSR count). The first kappa shape index (κ1) is 18.1. The number of rotatable bonds is 3. The first-order chi connectivity index (χ1) is 12.2. The van der Waals surface area contributed by atoms with Crippen molar-refractivity contribution in [3.63, 3.8) is 0 Å². The number of carboxylic acids is 1. The van der Waals surface area contributed by atoms with Gasteiger partial charge in [-0.15, -0.1) is 5.10 Å². The number of aliphatic carboxylic acids is 1. The average molecular weight is 390 g/mol. The van der Waals surface area contributed by atoms with Crippen molar-refractivity contribution in [3.8, 4) is 5.69 Å². The van der Waals surface area contributed by atoms with E-state index in [-0.39, 0.29) is 16.3 Å². The summed E-state index contributed by atoms with van der Waals surface area (Å²) in [6, 6.07) is 4.19. The molecule has 0 aliphatic carbocycles. The van der Waals surface area contributed by atoms with Gasteiger partial charge in [0.15, 0.2) is 0 Å². The van der Waals surface area contributed by atoms with Crippen molar-refractivity contribution in [2.75, 3.05) is 13.1 Å². The summed E-state index contributed by atoms with van der Waals surface area (Å²) in [5.74, 6) is -6.25. The first-order valence-electron chi connectivity index (χ1n) is 7.30. The van der Waals surface area contributed by atoms with Crippen LogP contribution in [0.15, 0.2) is 24.5 Å². The van der Waals surface area contributed by atoms with E-state index in [1.807, 2.05) is 0 Å². The number of halogens is 4. The van der Waals surface area contributed by atoms with E-state index in [0.717, 1.165) is 9.58 Å². The fraction of sp³-hybridized carbons (Fsp3) is 0.357. The number of carbonyl (C=O) groups is 2. The van der Waals surface area contributed by atoms with Gasteiger partial charge in [-0.2, -0.15) is 17.9 Å². The molecule has 1 aliphatic rings. The molecule has 1 saturated heterocycles. The number of tetrazole rings is 1. The monoisotopic (exact) mass is 389 g/mol. The van der Waals surface area contributed by atoms with Gasteiger partial charge in [0.2, 0.25) is 0 Å². The highest BCUT2D eigenvalue weighted by Crippen LogP contribution is 2.38. The van der Waals surface area contributed by atoms with Crippen molar-refractivity contribution in [2.24, 2.45) is 11.8 Å². The van der Waals surface area contributed by atoms with Crippen molar-refractivity contribution in [1.29, 1.82) is 0 Å². The summed E-state index contributed by atoms with van der Waals surface area (Å²) >= 11 is 5.90. The third-order valence-electron chi connectivity index (χ3n) is 4.13. The largest absolute Gasteiger partial charge is 0.481 e. The van der Waals surface area contributed by atoms with Gasteiger partial charge in [0.1, 0.15) is 6.33 Å². The Morgan fingerprint density at radius 2 is 2.00 bits per heavy atom. The van der Waals surface area contributed by atoms with Crippen molar-refractivity contribution in [1.82, 2.24) is 25.1 Å². The summed E-state index contributed by atoms with van der Waals surface area (Å²) in [6.45, 7) is -1.30. The second kappa shape index (κ2) is 6.56. The summed E-state index contributed by atoms with van der Waals surface area (Å²) in [4.78, 5) is 24.8. The molecule has 2 atom stereocenters. The molecule has 8 nitrogen and oxygen atoms in total. The Kier molecular flexibility index (Phi) is 4.57. The molecule has 0 saturated carbocycles. The van der Waals surface area contributed by atoms with E-state index >= 15 is 0 Å². The summed E-state index contributed by atoms with van der Waals surface area (Å²) in [5.41, 5.74) is 0.184. The number of carbonyl (C=O) groups excluding carboxylic acids is 1. The molecule has 1 N–H and O–H groups in total. The number of hydrogen-bond donors (Lipinski definition) is 1. The highest BCUT2D eigenvalue weighted by molar-refractivity contribution is 6.31. The molecule has 0 bridgehead atoms. The third-order valence-corrected chi connectivity index (χ3v) is 4.36. The van der Waals surface area contributed by atoms with Gasteiger partial charge in [-0.05, 0) is 28.6 Å². The zero-order valence-electron chi connectivity index (χ0n) is 12.9. The van der Waals surface area contributed by atoms with Gasteiger partial charge in [0.05, 0.1) is 23.1 Å². The zero-order valence-corrected chi connectivity index (χ0v) is 13.6. The molecular weight excluding hydrogens is 379 g/mol. The van der Waals surface area contributed by atoms with E-state index in [1.54, 1.807) is 0 Å². The second-order valence-corrected chi connectivity index (χ2v) is 6.16. The second-order valence-electron chi connectivity index (χ2n) is 5.72. The highest BCUT2D eigenvalue weighted by Gasteiger charge is 2.53. The number of aromatic nitrogens is 4. The topological polar surface area (TPSA) is 101 Å². The van der Waals surface area contributed by atoms with Gasteiger partial charge in [-0.25, -0.2) is 0 Å². The normalized spacial score (nSPS) is 20.4. The van der Waals surface area contributed by atoms with Crippen molar-refractivity contribution in [3.05, 3.63) is 35.1 Å². The minimum absolute atomic E-state index is 0.0308. The minimum atomic E-state index is -4.73. The van der Waals surface area contributed by atoms with E-state index in [2.05, 4.69) is 15.5 Å². The lowest BCUT2D eigenvalue weighted by atomic mass is 9.96. The van der Waals surface area contributed by atoms with Crippen molar-refractivity contribution < 1.29 is 27.9 Å². The Morgan fingerprint density at radius 3 is 2.54 bits per heavy atom. The summed E-state index contributed by atoms with van der Waals surface area (Å²) < 4.78 is 40.5. The van der Waals surface area contributed by atoms with Crippen LogP contribution < -0.4 is 0 Å². The van der Waals surface area contributed by atoms with Gasteiger partial charge >= 0.3 is 12.1 Å². The molecule has 1 fully saturated rings. The lowest BCUT2D eigenvalue weighted by Crippen LogP contribution is -2.34. The van der Waals surface area contributed by atoms with Crippen LogP contribution >= 0.6 is 11.6 Å². The molecular formula is C14H11ClF3N5O3. The van der Waals surface area contributed by atoms with Crippen molar-refractivity contribution >= 4 is 23.5 Å². The zero-order chi connectivity index (χ0) is 19.1. The Morgan fingerprint density at radius 1 is 1.27 bits per heavy atom. The van der Waals surface area contributed by atoms with E-state index in [1.165, 1.54) is 24.5 Å². The number of hydrogen-bond acceptors (Lipinski definition) is 5. The number of nitrogens with zero attached hydrogens (tertiary/aromatic N) is 5. The van der Waals surface area contributed by atoms with Gasteiger partial charge in [-0.3, -0.25) is 9.59 Å². The fourth-order valence-corrected chi connectivity index (χ4v) is 3.04. The van der Waals surface area contributed by atoms with E-state index < -0.39 is 43.0 Å². The third kappa shape index (κ3) is 3.34. The molecule has 138 valence electrons. The molecule has 1 amide bonds. The minimum Gasteiger partial charge on any atom is -0.481 e. The Hall–Kier alpha value is -2.69. The summed E-state index contributed by atoms with van der Waals surface area (Å²) in [6.07, 6.45) is -3.52. The maximum absolute atomic E-state index is 13.1. The molecule has 1 aromatic carbocycles. The average Bonchev–Trinajstić information content (AvgIpc) is 3.23. The number of benzene rings is 1. The predicted octanol–water partition coefficient (Wildman–Crippen LogP) is 1.65. The molecule has 1 aromatic heterocycles. The van der Waals surface area contributed by atoms with Crippen LogP contribution in [0.2, 0.25) is 5.02 Å². The molecule has 0 radical (unpaired) electrons. The van der Waals surface area contributed by atoms with Crippen LogP contribution in [0.25, 0.3) is 5.69 Å². The van der Waals surface area contributed by atoms with Crippen LogP contribution in [0.1, 0.15) is 10.4 Å². The van der Waals surface area contributed by atoms with Crippen LogP contribution in [-0.2, 0) is 4.79 Å². The number of amides is 1.